The first-order chi connectivity index (χ1) is 8.10. The van der Waals surface area contributed by atoms with E-state index in [-0.39, 0.29) is 11.8 Å². The van der Waals surface area contributed by atoms with Crippen molar-refractivity contribution in [3.05, 3.63) is 0 Å². The fourth-order valence-electron chi connectivity index (χ4n) is 2.70. The molecule has 0 aromatic carbocycles. The van der Waals surface area contributed by atoms with Crippen molar-refractivity contribution >= 4 is 5.91 Å². The molecule has 1 saturated carbocycles. The minimum atomic E-state index is 0.0225. The Balaban J connectivity index is 2.70. The lowest BCUT2D eigenvalue weighted by atomic mass is 10.0. The number of carbonyl (C=O) groups excluding carboxylic acids is 1. The van der Waals surface area contributed by atoms with Crippen LogP contribution in [0, 0.1) is 11.8 Å². The van der Waals surface area contributed by atoms with Gasteiger partial charge in [0.1, 0.15) is 0 Å². The van der Waals surface area contributed by atoms with Crippen LogP contribution in [-0.2, 0) is 4.79 Å². The van der Waals surface area contributed by atoms with Gasteiger partial charge in [-0.3, -0.25) is 4.79 Å². The molecule has 1 aliphatic rings. The number of nitrogens with two attached hydrogens (primary N) is 1. The van der Waals surface area contributed by atoms with Gasteiger partial charge in [0.15, 0.2) is 0 Å². The van der Waals surface area contributed by atoms with E-state index in [9.17, 15) is 4.79 Å². The third-order valence-corrected chi connectivity index (χ3v) is 3.74. The van der Waals surface area contributed by atoms with E-state index in [0.29, 0.717) is 18.5 Å². The van der Waals surface area contributed by atoms with Gasteiger partial charge in [0.05, 0.1) is 5.92 Å². The molecule has 0 saturated heterocycles. The summed E-state index contributed by atoms with van der Waals surface area (Å²) >= 11 is 0. The molecule has 0 heterocycles. The smallest absolute Gasteiger partial charge is 0.227 e. The summed E-state index contributed by atoms with van der Waals surface area (Å²) in [5.74, 6) is 0.847. The van der Waals surface area contributed by atoms with E-state index in [4.69, 9.17) is 5.73 Å². The van der Waals surface area contributed by atoms with Gasteiger partial charge < -0.3 is 10.6 Å². The molecular weight excluding hydrogens is 212 g/mol. The van der Waals surface area contributed by atoms with Gasteiger partial charge in [-0.25, -0.2) is 0 Å². The Bertz CT molecular complexity index is 230. The minimum absolute atomic E-state index is 0.0225. The van der Waals surface area contributed by atoms with Crippen LogP contribution in [-0.4, -0.2) is 29.9 Å². The van der Waals surface area contributed by atoms with Crippen LogP contribution in [0.5, 0.6) is 0 Å². The lowest BCUT2D eigenvalue weighted by molar-refractivity contribution is -0.138. The number of rotatable bonds is 6. The van der Waals surface area contributed by atoms with Crippen molar-refractivity contribution in [2.75, 3.05) is 13.1 Å². The number of nitrogens with zero attached hydrogens (tertiary/aromatic N) is 1. The fourth-order valence-corrected chi connectivity index (χ4v) is 2.70. The second-order valence-corrected chi connectivity index (χ2v) is 5.66. The molecule has 0 aromatic rings. The van der Waals surface area contributed by atoms with Crippen LogP contribution >= 0.6 is 0 Å². The van der Waals surface area contributed by atoms with Gasteiger partial charge in [-0.1, -0.05) is 33.6 Å². The summed E-state index contributed by atoms with van der Waals surface area (Å²) in [6.45, 7) is 7.78. The largest absolute Gasteiger partial charge is 0.339 e. The maximum absolute atomic E-state index is 12.5. The molecule has 1 amide bonds. The normalized spacial score (nSPS) is 18.6. The van der Waals surface area contributed by atoms with Crippen LogP contribution in [0.1, 0.15) is 52.9 Å². The lowest BCUT2D eigenvalue weighted by Crippen LogP contribution is -2.45. The SMILES string of the molecule is CCC(CN)C(=O)N(CC(C)C)C1CCCC1. The molecule has 3 nitrogen and oxygen atoms in total. The van der Waals surface area contributed by atoms with Gasteiger partial charge in [-0.15, -0.1) is 0 Å². The first-order valence-corrected chi connectivity index (χ1v) is 7.10. The summed E-state index contributed by atoms with van der Waals surface area (Å²) in [5.41, 5.74) is 5.70. The van der Waals surface area contributed by atoms with E-state index in [1.165, 1.54) is 25.7 Å². The second kappa shape index (κ2) is 7.00. The Morgan fingerprint density at radius 3 is 2.35 bits per heavy atom. The Hall–Kier alpha value is -0.570. The number of amides is 1. The van der Waals surface area contributed by atoms with E-state index >= 15 is 0 Å². The predicted octanol–water partition coefficient (Wildman–Crippen LogP) is 2.40. The molecule has 0 aromatic heterocycles. The minimum Gasteiger partial charge on any atom is -0.339 e. The summed E-state index contributed by atoms with van der Waals surface area (Å²) in [6.07, 6.45) is 5.76. The molecule has 100 valence electrons. The first kappa shape index (κ1) is 14.5. The van der Waals surface area contributed by atoms with Gasteiger partial charge in [0, 0.05) is 19.1 Å². The van der Waals surface area contributed by atoms with Crippen LogP contribution in [0.15, 0.2) is 0 Å². The van der Waals surface area contributed by atoms with E-state index < -0.39 is 0 Å². The topological polar surface area (TPSA) is 46.3 Å². The van der Waals surface area contributed by atoms with Crippen molar-refractivity contribution in [2.45, 2.75) is 58.9 Å². The van der Waals surface area contributed by atoms with Crippen LogP contribution in [0.3, 0.4) is 0 Å². The quantitative estimate of drug-likeness (QED) is 0.775. The molecule has 1 rings (SSSR count). The highest BCUT2D eigenvalue weighted by molar-refractivity contribution is 5.79. The molecule has 0 aliphatic heterocycles. The average molecular weight is 240 g/mol. The summed E-state index contributed by atoms with van der Waals surface area (Å²) in [5, 5.41) is 0. The highest BCUT2D eigenvalue weighted by Gasteiger charge is 2.30. The highest BCUT2D eigenvalue weighted by Crippen LogP contribution is 2.26. The van der Waals surface area contributed by atoms with E-state index in [0.717, 1.165) is 13.0 Å². The van der Waals surface area contributed by atoms with Crippen LogP contribution in [0.2, 0.25) is 0 Å². The van der Waals surface area contributed by atoms with Crippen molar-refractivity contribution in [3.63, 3.8) is 0 Å². The molecule has 1 atom stereocenters. The summed E-state index contributed by atoms with van der Waals surface area (Å²) < 4.78 is 0. The molecule has 1 aliphatic carbocycles. The van der Waals surface area contributed by atoms with Crippen molar-refractivity contribution in [2.24, 2.45) is 17.6 Å². The molecule has 2 N–H and O–H groups in total. The Morgan fingerprint density at radius 2 is 1.94 bits per heavy atom. The maximum atomic E-state index is 12.5. The van der Waals surface area contributed by atoms with Gasteiger partial charge >= 0.3 is 0 Å². The van der Waals surface area contributed by atoms with Gasteiger partial charge in [-0.2, -0.15) is 0 Å². The maximum Gasteiger partial charge on any atom is 0.227 e. The molecule has 0 spiro atoms. The number of carbonyl (C=O) groups is 1. The number of hydrogen-bond acceptors (Lipinski definition) is 2. The lowest BCUT2D eigenvalue weighted by Gasteiger charge is -2.33. The zero-order valence-electron chi connectivity index (χ0n) is 11.6. The molecular formula is C14H28N2O. The van der Waals surface area contributed by atoms with Crippen LogP contribution in [0.4, 0.5) is 0 Å². The van der Waals surface area contributed by atoms with Crippen LogP contribution in [0.25, 0.3) is 0 Å². The van der Waals surface area contributed by atoms with Crippen molar-refractivity contribution in [1.82, 2.24) is 4.90 Å². The van der Waals surface area contributed by atoms with Gasteiger partial charge in [-0.05, 0) is 25.2 Å². The Kier molecular flexibility index (Phi) is 5.96. The summed E-state index contributed by atoms with van der Waals surface area (Å²) in [7, 11) is 0. The third-order valence-electron chi connectivity index (χ3n) is 3.74. The van der Waals surface area contributed by atoms with E-state index in [2.05, 4.69) is 25.7 Å². The molecule has 3 heteroatoms. The number of hydrogen-bond donors (Lipinski definition) is 1. The molecule has 0 radical (unpaired) electrons. The van der Waals surface area contributed by atoms with Crippen LogP contribution < -0.4 is 5.73 Å². The summed E-state index contributed by atoms with van der Waals surface area (Å²) in [4.78, 5) is 14.6. The Labute approximate surface area is 106 Å². The fraction of sp³-hybridized carbons (Fsp3) is 0.929. The van der Waals surface area contributed by atoms with E-state index in [1.807, 2.05) is 0 Å². The summed E-state index contributed by atoms with van der Waals surface area (Å²) in [6, 6.07) is 0.477. The highest BCUT2D eigenvalue weighted by atomic mass is 16.2. The van der Waals surface area contributed by atoms with Crippen molar-refractivity contribution in [3.8, 4) is 0 Å². The first-order valence-electron chi connectivity index (χ1n) is 7.10. The second-order valence-electron chi connectivity index (χ2n) is 5.66. The zero-order valence-corrected chi connectivity index (χ0v) is 11.6. The molecule has 0 bridgehead atoms. The van der Waals surface area contributed by atoms with Gasteiger partial charge in [0.2, 0.25) is 5.91 Å². The third kappa shape index (κ3) is 3.98. The Morgan fingerprint density at radius 1 is 1.35 bits per heavy atom. The predicted molar refractivity (Wildman–Crippen MR) is 71.6 cm³/mol. The molecule has 17 heavy (non-hydrogen) atoms. The average Bonchev–Trinajstić information content (AvgIpc) is 2.80. The van der Waals surface area contributed by atoms with Gasteiger partial charge in [0.25, 0.3) is 0 Å². The monoisotopic (exact) mass is 240 g/mol. The standard InChI is InChI=1S/C14H28N2O/c1-4-12(9-15)14(17)16(10-11(2)3)13-7-5-6-8-13/h11-13H,4-10,15H2,1-3H3. The zero-order chi connectivity index (χ0) is 12.8. The van der Waals surface area contributed by atoms with E-state index in [1.54, 1.807) is 0 Å². The molecule has 1 unspecified atom stereocenters. The van der Waals surface area contributed by atoms with Crippen molar-refractivity contribution in [1.29, 1.82) is 0 Å². The van der Waals surface area contributed by atoms with Crippen molar-refractivity contribution < 1.29 is 4.79 Å². The molecule has 1 fully saturated rings.